The molecule has 1 amide bonds. The summed E-state index contributed by atoms with van der Waals surface area (Å²) in [5, 5.41) is 3.16. The summed E-state index contributed by atoms with van der Waals surface area (Å²) in [5.41, 5.74) is 2.84. The van der Waals surface area contributed by atoms with E-state index in [0.717, 1.165) is 12.8 Å². The molecule has 1 fully saturated rings. The number of nitrogens with one attached hydrogen (secondary N) is 1. The van der Waals surface area contributed by atoms with Crippen LogP contribution in [0.4, 0.5) is 0 Å². The van der Waals surface area contributed by atoms with Gasteiger partial charge in [-0.15, -0.1) is 11.6 Å². The van der Waals surface area contributed by atoms with E-state index in [2.05, 4.69) is 36.5 Å². The lowest BCUT2D eigenvalue weighted by atomic mass is 9.92. The van der Waals surface area contributed by atoms with Crippen molar-refractivity contribution in [2.45, 2.75) is 38.6 Å². The minimum Gasteiger partial charge on any atom is -0.353 e. The third-order valence-corrected chi connectivity index (χ3v) is 5.59. The standard InChI is InChI=1S/C17H22ClNO/c1-10(9-18)11(2)19-17(20)16-14-8-7-12-5-3-4-6-13(12)15(14)16/h3-6,10-11,14-16H,7-9H2,1-2H3,(H,19,20). The lowest BCUT2D eigenvalue weighted by Gasteiger charge is -2.19. The van der Waals surface area contributed by atoms with E-state index >= 15 is 0 Å². The number of halogens is 1. The molecule has 1 saturated carbocycles. The van der Waals surface area contributed by atoms with Crippen LogP contribution in [-0.2, 0) is 11.2 Å². The van der Waals surface area contributed by atoms with Crippen molar-refractivity contribution >= 4 is 17.5 Å². The van der Waals surface area contributed by atoms with Crippen molar-refractivity contribution in [2.24, 2.45) is 17.8 Å². The van der Waals surface area contributed by atoms with E-state index in [1.54, 1.807) is 0 Å². The van der Waals surface area contributed by atoms with Gasteiger partial charge in [-0.05, 0) is 48.6 Å². The second kappa shape index (κ2) is 5.40. The van der Waals surface area contributed by atoms with Crippen molar-refractivity contribution in [1.82, 2.24) is 5.32 Å². The van der Waals surface area contributed by atoms with E-state index < -0.39 is 0 Å². The van der Waals surface area contributed by atoms with E-state index in [1.165, 1.54) is 11.1 Å². The Balaban J connectivity index is 1.68. The molecule has 2 nitrogen and oxygen atoms in total. The van der Waals surface area contributed by atoms with Crippen molar-refractivity contribution < 1.29 is 4.79 Å². The highest BCUT2D eigenvalue weighted by Gasteiger charge is 2.57. The third-order valence-electron chi connectivity index (χ3n) is 5.10. The topological polar surface area (TPSA) is 29.1 Å². The molecule has 108 valence electrons. The molecule has 0 spiro atoms. The fraction of sp³-hybridized carbons (Fsp3) is 0.588. The van der Waals surface area contributed by atoms with Gasteiger partial charge in [0.2, 0.25) is 5.91 Å². The van der Waals surface area contributed by atoms with E-state index in [0.29, 0.717) is 23.6 Å². The SMILES string of the molecule is CC(CCl)C(C)NC(=O)C1C2CCc3ccccc3C21. The minimum atomic E-state index is 0.151. The van der Waals surface area contributed by atoms with Gasteiger partial charge in [-0.2, -0.15) is 0 Å². The first-order chi connectivity index (χ1) is 9.63. The number of carbonyl (C=O) groups excluding carboxylic acids is 1. The molecular formula is C17H22ClNO. The van der Waals surface area contributed by atoms with E-state index in [1.807, 2.05) is 6.92 Å². The zero-order chi connectivity index (χ0) is 14.3. The van der Waals surface area contributed by atoms with E-state index in [9.17, 15) is 4.79 Å². The molecule has 0 saturated heterocycles. The number of hydrogen-bond acceptors (Lipinski definition) is 1. The molecule has 0 aromatic heterocycles. The zero-order valence-electron chi connectivity index (χ0n) is 12.1. The number of rotatable bonds is 4. The molecule has 3 rings (SSSR count). The quantitative estimate of drug-likeness (QED) is 0.847. The number of fused-ring (bicyclic) bond motifs is 3. The summed E-state index contributed by atoms with van der Waals surface area (Å²) >= 11 is 5.86. The molecule has 1 N–H and O–H groups in total. The van der Waals surface area contributed by atoms with E-state index in [-0.39, 0.29) is 17.9 Å². The molecule has 0 aliphatic heterocycles. The summed E-state index contributed by atoms with van der Waals surface area (Å²) in [5.74, 6) is 2.32. The van der Waals surface area contributed by atoms with Gasteiger partial charge in [0.1, 0.15) is 0 Å². The van der Waals surface area contributed by atoms with Gasteiger partial charge in [-0.25, -0.2) is 0 Å². The van der Waals surface area contributed by atoms with Crippen molar-refractivity contribution in [3.8, 4) is 0 Å². The number of alkyl halides is 1. The molecule has 2 aliphatic carbocycles. The molecule has 2 aliphatic rings. The minimum absolute atomic E-state index is 0.151. The fourth-order valence-electron chi connectivity index (χ4n) is 3.52. The molecule has 5 unspecified atom stereocenters. The van der Waals surface area contributed by atoms with Gasteiger partial charge in [-0.1, -0.05) is 31.2 Å². The number of amides is 1. The summed E-state index contributed by atoms with van der Waals surface area (Å²) in [6.07, 6.45) is 2.27. The molecule has 5 atom stereocenters. The summed E-state index contributed by atoms with van der Waals surface area (Å²) in [4.78, 5) is 12.5. The maximum Gasteiger partial charge on any atom is 0.224 e. The molecule has 0 heterocycles. The van der Waals surface area contributed by atoms with Crippen LogP contribution in [-0.4, -0.2) is 17.8 Å². The molecule has 0 bridgehead atoms. The highest BCUT2D eigenvalue weighted by Crippen LogP contribution is 2.59. The Morgan fingerprint density at radius 2 is 2.15 bits per heavy atom. The Hall–Kier alpha value is -1.02. The fourth-order valence-corrected chi connectivity index (χ4v) is 3.79. The first-order valence-corrected chi connectivity index (χ1v) is 8.11. The maximum absolute atomic E-state index is 12.5. The summed E-state index contributed by atoms with van der Waals surface area (Å²) < 4.78 is 0. The summed E-state index contributed by atoms with van der Waals surface area (Å²) in [7, 11) is 0. The number of carbonyl (C=O) groups is 1. The lowest BCUT2D eigenvalue weighted by Crippen LogP contribution is -2.39. The highest BCUT2D eigenvalue weighted by atomic mass is 35.5. The largest absolute Gasteiger partial charge is 0.353 e. The maximum atomic E-state index is 12.5. The van der Waals surface area contributed by atoms with Gasteiger partial charge in [0.25, 0.3) is 0 Å². The monoisotopic (exact) mass is 291 g/mol. The molecule has 1 aromatic carbocycles. The Bertz CT molecular complexity index is 515. The second-order valence-electron chi connectivity index (χ2n) is 6.38. The Labute approximate surface area is 125 Å². The number of aryl methyl sites for hydroxylation is 1. The van der Waals surface area contributed by atoms with Gasteiger partial charge in [0.15, 0.2) is 0 Å². The summed E-state index contributed by atoms with van der Waals surface area (Å²) in [6.45, 7) is 4.12. The molecule has 1 aromatic rings. The van der Waals surface area contributed by atoms with Crippen LogP contribution < -0.4 is 5.32 Å². The highest BCUT2D eigenvalue weighted by molar-refractivity contribution is 6.18. The van der Waals surface area contributed by atoms with Crippen LogP contribution in [0.1, 0.15) is 37.3 Å². The zero-order valence-corrected chi connectivity index (χ0v) is 12.9. The molecule has 0 radical (unpaired) electrons. The van der Waals surface area contributed by atoms with Gasteiger partial charge in [-0.3, -0.25) is 4.79 Å². The Kier molecular flexibility index (Phi) is 3.76. The van der Waals surface area contributed by atoms with Gasteiger partial charge in [0, 0.05) is 17.8 Å². The predicted molar refractivity (Wildman–Crippen MR) is 82.0 cm³/mol. The average Bonchev–Trinajstić information content (AvgIpc) is 3.21. The first kappa shape index (κ1) is 13.9. The van der Waals surface area contributed by atoms with Crippen LogP contribution in [0.15, 0.2) is 24.3 Å². The van der Waals surface area contributed by atoms with Crippen molar-refractivity contribution in [2.75, 3.05) is 5.88 Å². The van der Waals surface area contributed by atoms with Gasteiger partial charge >= 0.3 is 0 Å². The van der Waals surface area contributed by atoms with Crippen LogP contribution in [0.3, 0.4) is 0 Å². The molecule has 3 heteroatoms. The van der Waals surface area contributed by atoms with Crippen LogP contribution in [0, 0.1) is 17.8 Å². The average molecular weight is 292 g/mol. The Morgan fingerprint density at radius 3 is 2.90 bits per heavy atom. The smallest absolute Gasteiger partial charge is 0.224 e. The Morgan fingerprint density at radius 1 is 1.40 bits per heavy atom. The van der Waals surface area contributed by atoms with Crippen molar-refractivity contribution in [1.29, 1.82) is 0 Å². The van der Waals surface area contributed by atoms with Gasteiger partial charge < -0.3 is 5.32 Å². The number of benzene rings is 1. The second-order valence-corrected chi connectivity index (χ2v) is 6.69. The summed E-state index contributed by atoms with van der Waals surface area (Å²) in [6, 6.07) is 8.74. The molecular weight excluding hydrogens is 270 g/mol. The first-order valence-electron chi connectivity index (χ1n) is 7.57. The third kappa shape index (κ3) is 2.35. The predicted octanol–water partition coefficient (Wildman–Crippen LogP) is 3.34. The van der Waals surface area contributed by atoms with Crippen LogP contribution in [0.5, 0.6) is 0 Å². The van der Waals surface area contributed by atoms with Crippen LogP contribution in [0.25, 0.3) is 0 Å². The molecule has 20 heavy (non-hydrogen) atoms. The van der Waals surface area contributed by atoms with Crippen molar-refractivity contribution in [3.63, 3.8) is 0 Å². The van der Waals surface area contributed by atoms with Gasteiger partial charge in [0.05, 0.1) is 0 Å². The van der Waals surface area contributed by atoms with E-state index in [4.69, 9.17) is 11.6 Å². The van der Waals surface area contributed by atoms with Crippen LogP contribution in [0.2, 0.25) is 0 Å². The van der Waals surface area contributed by atoms with Crippen LogP contribution >= 0.6 is 11.6 Å². The number of hydrogen-bond donors (Lipinski definition) is 1. The lowest BCUT2D eigenvalue weighted by molar-refractivity contribution is -0.123. The normalized spacial score (nSPS) is 29.9. The van der Waals surface area contributed by atoms with Crippen molar-refractivity contribution in [3.05, 3.63) is 35.4 Å².